The highest BCUT2D eigenvalue weighted by Crippen LogP contribution is 2.30. The molecule has 0 aliphatic rings. The average molecular weight is 282 g/mol. The number of aromatic nitrogens is 1. The first-order valence-electron chi connectivity index (χ1n) is 5.60. The number of hydrogen-bond donors (Lipinski definition) is 1. The number of carbonyl (C=O) groups is 1. The highest BCUT2D eigenvalue weighted by Gasteiger charge is 2.17. The number of nitrogens with zero attached hydrogens (tertiary/aromatic N) is 1. The van der Waals surface area contributed by atoms with E-state index >= 15 is 0 Å². The van der Waals surface area contributed by atoms with Crippen LogP contribution in [0.2, 0.25) is 5.02 Å². The van der Waals surface area contributed by atoms with Crippen LogP contribution in [0.25, 0.3) is 10.6 Å². The van der Waals surface area contributed by atoms with Gasteiger partial charge < -0.3 is 5.11 Å². The Morgan fingerprint density at radius 1 is 1.50 bits per heavy atom. The molecular weight excluding hydrogens is 270 g/mol. The zero-order valence-corrected chi connectivity index (χ0v) is 11.4. The average Bonchev–Trinajstić information content (AvgIpc) is 2.74. The standard InChI is InChI=1S/C13H12ClNO2S/c1-2-4-10-11(13(16)17)18-12(15-10)8-5-3-6-9(14)7-8/h3,5-7H,2,4H2,1H3,(H,16,17). The summed E-state index contributed by atoms with van der Waals surface area (Å²) in [5.41, 5.74) is 1.52. The van der Waals surface area contributed by atoms with Crippen molar-refractivity contribution < 1.29 is 9.90 Å². The van der Waals surface area contributed by atoms with Crippen molar-refractivity contribution in [2.45, 2.75) is 19.8 Å². The van der Waals surface area contributed by atoms with Crippen LogP contribution in [0.3, 0.4) is 0 Å². The van der Waals surface area contributed by atoms with Gasteiger partial charge in [-0.1, -0.05) is 37.1 Å². The zero-order valence-electron chi connectivity index (χ0n) is 9.81. The molecule has 0 aliphatic heterocycles. The van der Waals surface area contributed by atoms with Gasteiger partial charge >= 0.3 is 5.97 Å². The summed E-state index contributed by atoms with van der Waals surface area (Å²) in [5.74, 6) is -0.913. The molecule has 0 amide bonds. The van der Waals surface area contributed by atoms with E-state index in [1.165, 1.54) is 11.3 Å². The second-order valence-corrected chi connectivity index (χ2v) is 5.30. The summed E-state index contributed by atoms with van der Waals surface area (Å²) in [4.78, 5) is 15.9. The number of aromatic carboxylic acids is 1. The number of carboxylic acids is 1. The van der Waals surface area contributed by atoms with Gasteiger partial charge in [-0.05, 0) is 18.6 Å². The summed E-state index contributed by atoms with van der Waals surface area (Å²) >= 11 is 7.13. The van der Waals surface area contributed by atoms with Gasteiger partial charge in [-0.25, -0.2) is 9.78 Å². The van der Waals surface area contributed by atoms with Crippen molar-refractivity contribution in [2.75, 3.05) is 0 Å². The molecule has 1 aromatic carbocycles. The van der Waals surface area contributed by atoms with Crippen LogP contribution in [-0.4, -0.2) is 16.1 Å². The minimum atomic E-state index is -0.913. The molecule has 0 aliphatic carbocycles. The molecule has 94 valence electrons. The van der Waals surface area contributed by atoms with E-state index in [1.807, 2.05) is 19.1 Å². The van der Waals surface area contributed by atoms with Crippen LogP contribution in [0.15, 0.2) is 24.3 Å². The molecule has 2 aromatic rings. The van der Waals surface area contributed by atoms with Gasteiger partial charge in [0.15, 0.2) is 0 Å². The first-order chi connectivity index (χ1) is 8.61. The normalized spacial score (nSPS) is 10.6. The van der Waals surface area contributed by atoms with Gasteiger partial charge in [0, 0.05) is 10.6 Å². The SMILES string of the molecule is CCCc1nc(-c2cccc(Cl)c2)sc1C(=O)O. The maximum Gasteiger partial charge on any atom is 0.347 e. The van der Waals surface area contributed by atoms with Crippen molar-refractivity contribution in [2.24, 2.45) is 0 Å². The Labute approximate surface area is 114 Å². The van der Waals surface area contributed by atoms with Gasteiger partial charge in [-0.2, -0.15) is 0 Å². The molecule has 5 heteroatoms. The second-order valence-electron chi connectivity index (χ2n) is 3.86. The third kappa shape index (κ3) is 2.71. The molecule has 3 nitrogen and oxygen atoms in total. The van der Waals surface area contributed by atoms with Crippen LogP contribution in [0.1, 0.15) is 28.7 Å². The number of rotatable bonds is 4. The maximum absolute atomic E-state index is 11.2. The molecule has 1 heterocycles. The highest BCUT2D eigenvalue weighted by molar-refractivity contribution is 7.17. The van der Waals surface area contributed by atoms with Crippen LogP contribution in [0.5, 0.6) is 0 Å². The Kier molecular flexibility index (Phi) is 3.99. The smallest absolute Gasteiger partial charge is 0.347 e. The largest absolute Gasteiger partial charge is 0.477 e. The number of thiazole rings is 1. The van der Waals surface area contributed by atoms with E-state index < -0.39 is 5.97 Å². The molecule has 0 bridgehead atoms. The lowest BCUT2D eigenvalue weighted by Crippen LogP contribution is -1.98. The van der Waals surface area contributed by atoms with E-state index in [2.05, 4.69) is 4.98 Å². The van der Waals surface area contributed by atoms with Crippen molar-refractivity contribution in [3.05, 3.63) is 39.9 Å². The molecule has 0 saturated heterocycles. The van der Waals surface area contributed by atoms with Crippen LogP contribution in [0, 0.1) is 0 Å². The fourth-order valence-electron chi connectivity index (χ4n) is 1.67. The highest BCUT2D eigenvalue weighted by atomic mass is 35.5. The van der Waals surface area contributed by atoms with Gasteiger partial charge in [-0.3, -0.25) is 0 Å². The van der Waals surface area contributed by atoms with E-state index in [4.69, 9.17) is 16.7 Å². The van der Waals surface area contributed by atoms with Gasteiger partial charge in [0.25, 0.3) is 0 Å². The minimum Gasteiger partial charge on any atom is -0.477 e. The molecule has 1 aromatic heterocycles. The first kappa shape index (κ1) is 13.1. The lowest BCUT2D eigenvalue weighted by molar-refractivity contribution is 0.0700. The number of benzene rings is 1. The number of hydrogen-bond acceptors (Lipinski definition) is 3. The van der Waals surface area contributed by atoms with Gasteiger partial charge in [0.1, 0.15) is 9.88 Å². The van der Waals surface area contributed by atoms with E-state index in [0.717, 1.165) is 12.0 Å². The number of carboxylic acid groups (broad SMARTS) is 1. The summed E-state index contributed by atoms with van der Waals surface area (Å²) in [6.07, 6.45) is 1.55. The van der Waals surface area contributed by atoms with E-state index in [9.17, 15) is 4.79 Å². The lowest BCUT2D eigenvalue weighted by Gasteiger charge is -1.96. The van der Waals surface area contributed by atoms with Crippen molar-refractivity contribution in [3.63, 3.8) is 0 Å². The summed E-state index contributed by atoms with van der Waals surface area (Å²) in [6.45, 7) is 2.00. The van der Waals surface area contributed by atoms with E-state index in [0.29, 0.717) is 27.0 Å². The molecule has 0 saturated carbocycles. The van der Waals surface area contributed by atoms with Crippen LogP contribution in [0.4, 0.5) is 0 Å². The van der Waals surface area contributed by atoms with Gasteiger partial charge in [0.05, 0.1) is 5.69 Å². The van der Waals surface area contributed by atoms with Crippen molar-refractivity contribution in [1.82, 2.24) is 4.98 Å². The molecule has 0 atom stereocenters. The van der Waals surface area contributed by atoms with Crippen molar-refractivity contribution in [1.29, 1.82) is 0 Å². The number of aryl methyl sites for hydroxylation is 1. The molecule has 0 radical (unpaired) electrons. The van der Waals surface area contributed by atoms with Crippen molar-refractivity contribution >= 4 is 28.9 Å². The molecular formula is C13H12ClNO2S. The third-order valence-electron chi connectivity index (χ3n) is 2.45. The quantitative estimate of drug-likeness (QED) is 0.917. The first-order valence-corrected chi connectivity index (χ1v) is 6.80. The summed E-state index contributed by atoms with van der Waals surface area (Å²) in [7, 11) is 0. The topological polar surface area (TPSA) is 50.2 Å². The van der Waals surface area contributed by atoms with Crippen LogP contribution >= 0.6 is 22.9 Å². The summed E-state index contributed by atoms with van der Waals surface area (Å²) in [5, 5.41) is 10.5. The van der Waals surface area contributed by atoms with Crippen LogP contribution < -0.4 is 0 Å². The Balaban J connectivity index is 2.46. The summed E-state index contributed by atoms with van der Waals surface area (Å²) < 4.78 is 0. The molecule has 1 N–H and O–H groups in total. The Morgan fingerprint density at radius 3 is 2.89 bits per heavy atom. The lowest BCUT2D eigenvalue weighted by atomic mass is 10.2. The van der Waals surface area contributed by atoms with Gasteiger partial charge in [0.2, 0.25) is 0 Å². The Hall–Kier alpha value is -1.39. The summed E-state index contributed by atoms with van der Waals surface area (Å²) in [6, 6.07) is 7.29. The van der Waals surface area contributed by atoms with Crippen LogP contribution in [-0.2, 0) is 6.42 Å². The van der Waals surface area contributed by atoms with Gasteiger partial charge in [-0.15, -0.1) is 11.3 Å². The Bertz CT molecular complexity index is 580. The Morgan fingerprint density at radius 2 is 2.28 bits per heavy atom. The third-order valence-corrected chi connectivity index (χ3v) is 3.82. The molecule has 0 fully saturated rings. The predicted octanol–water partition coefficient (Wildman–Crippen LogP) is 4.11. The maximum atomic E-state index is 11.2. The molecule has 2 rings (SSSR count). The van der Waals surface area contributed by atoms with E-state index in [-0.39, 0.29) is 0 Å². The minimum absolute atomic E-state index is 0.326. The molecule has 18 heavy (non-hydrogen) atoms. The fraction of sp³-hybridized carbons (Fsp3) is 0.231. The monoisotopic (exact) mass is 281 g/mol. The molecule has 0 unspecified atom stereocenters. The molecule has 0 spiro atoms. The van der Waals surface area contributed by atoms with Crippen molar-refractivity contribution in [3.8, 4) is 10.6 Å². The zero-order chi connectivity index (χ0) is 13.1. The predicted molar refractivity (Wildman–Crippen MR) is 73.5 cm³/mol. The fourth-order valence-corrected chi connectivity index (χ4v) is 2.81. The second kappa shape index (κ2) is 5.50. The van der Waals surface area contributed by atoms with E-state index in [1.54, 1.807) is 12.1 Å². The number of halogens is 1.